The van der Waals surface area contributed by atoms with E-state index in [1.807, 2.05) is 6.08 Å². The Morgan fingerprint density at radius 1 is 1.39 bits per heavy atom. The van der Waals surface area contributed by atoms with E-state index in [1.165, 1.54) is 16.5 Å². The molecule has 3 unspecified atom stereocenters. The van der Waals surface area contributed by atoms with Gasteiger partial charge >= 0.3 is 148 Å². The van der Waals surface area contributed by atoms with Crippen LogP contribution in [0.4, 0.5) is 0 Å². The Hall–Kier alpha value is -0.821. The summed E-state index contributed by atoms with van der Waals surface area (Å²) in [7, 11) is 0. The Labute approximate surface area is 148 Å². The van der Waals surface area contributed by atoms with Crippen molar-refractivity contribution >= 4 is 19.4 Å². The van der Waals surface area contributed by atoms with Gasteiger partial charge in [-0.2, -0.15) is 0 Å². The van der Waals surface area contributed by atoms with Crippen LogP contribution in [-0.4, -0.2) is 26.7 Å². The van der Waals surface area contributed by atoms with Crippen LogP contribution >= 0.6 is 0 Å². The maximum absolute atomic E-state index is 6.47. The molecule has 126 valence electrons. The average molecular weight is 377 g/mol. The molecule has 0 radical (unpaired) electrons. The number of hydrogen-bond donors (Lipinski definition) is 0. The molecule has 0 N–H and O–H groups in total. The van der Waals surface area contributed by atoms with Crippen molar-refractivity contribution in [3.8, 4) is 0 Å². The second kappa shape index (κ2) is 7.83. The molecular weight excluding hydrogens is 347 g/mol. The third-order valence-electron chi connectivity index (χ3n) is 4.71. The number of ether oxygens (including phenoxy) is 1. The molecule has 1 aliphatic rings. The third kappa shape index (κ3) is 5.08. The van der Waals surface area contributed by atoms with Crippen LogP contribution in [0.3, 0.4) is 0 Å². The monoisotopic (exact) mass is 378 g/mol. The summed E-state index contributed by atoms with van der Waals surface area (Å²) in [6.45, 7) is 12.9. The Kier molecular flexibility index (Phi) is 6.31. The molecule has 2 heteroatoms. The molecule has 1 aliphatic heterocycles. The summed E-state index contributed by atoms with van der Waals surface area (Å²) >= 11 is 0.404. The minimum absolute atomic E-state index is 0.144. The van der Waals surface area contributed by atoms with Crippen LogP contribution in [0.2, 0.25) is 4.31 Å². The number of benzene rings is 1. The van der Waals surface area contributed by atoms with Gasteiger partial charge in [0.1, 0.15) is 0 Å². The van der Waals surface area contributed by atoms with Crippen molar-refractivity contribution < 1.29 is 4.74 Å². The van der Waals surface area contributed by atoms with Gasteiger partial charge in [-0.25, -0.2) is 0 Å². The summed E-state index contributed by atoms with van der Waals surface area (Å²) in [4.78, 5) is 0. The molecule has 0 aliphatic carbocycles. The van der Waals surface area contributed by atoms with Crippen molar-refractivity contribution in [1.29, 1.82) is 0 Å². The SMILES string of the molecule is C=CC1(C)CCC(C(C)(CCC=C(C)C)[Se]c2ccccc2)O1. The van der Waals surface area contributed by atoms with Gasteiger partial charge in [-0.05, 0) is 0 Å². The fraction of sp³-hybridized carbons (Fsp3) is 0.524. The van der Waals surface area contributed by atoms with Crippen LogP contribution in [0, 0.1) is 0 Å². The predicted octanol–water partition coefficient (Wildman–Crippen LogP) is 5.06. The quantitative estimate of drug-likeness (QED) is 0.476. The average Bonchev–Trinajstić information content (AvgIpc) is 2.92. The summed E-state index contributed by atoms with van der Waals surface area (Å²) < 4.78 is 8.16. The first kappa shape index (κ1) is 18.5. The molecule has 23 heavy (non-hydrogen) atoms. The number of hydrogen-bond acceptors (Lipinski definition) is 1. The van der Waals surface area contributed by atoms with Gasteiger partial charge in [0.15, 0.2) is 0 Å². The topological polar surface area (TPSA) is 9.23 Å². The molecule has 3 atom stereocenters. The van der Waals surface area contributed by atoms with Crippen molar-refractivity contribution in [2.24, 2.45) is 0 Å². The van der Waals surface area contributed by atoms with Crippen LogP contribution < -0.4 is 4.46 Å². The van der Waals surface area contributed by atoms with E-state index in [1.54, 1.807) is 0 Å². The van der Waals surface area contributed by atoms with E-state index in [0.717, 1.165) is 19.3 Å². The molecule has 1 aromatic rings. The Balaban J connectivity index is 2.17. The molecular formula is C21H30OSe. The van der Waals surface area contributed by atoms with E-state index < -0.39 is 0 Å². The normalized spacial score (nSPS) is 26.5. The zero-order valence-corrected chi connectivity index (χ0v) is 16.7. The molecule has 1 aromatic carbocycles. The molecule has 1 heterocycles. The Morgan fingerprint density at radius 3 is 2.65 bits per heavy atom. The standard InChI is InChI=1S/C21H30OSe/c1-6-20(4)16-14-19(22-20)21(5,15-10-11-17(2)3)23-18-12-8-7-9-13-18/h6-9,11-13,19H,1,10,14-16H2,2-5H3. The first-order valence-electron chi connectivity index (χ1n) is 8.56. The molecule has 0 spiro atoms. The van der Waals surface area contributed by atoms with E-state index in [-0.39, 0.29) is 9.91 Å². The Bertz CT molecular complexity index is 546. The van der Waals surface area contributed by atoms with Gasteiger partial charge < -0.3 is 0 Å². The number of rotatable bonds is 7. The van der Waals surface area contributed by atoms with Gasteiger partial charge in [-0.15, -0.1) is 0 Å². The second-order valence-electron chi connectivity index (χ2n) is 7.21. The zero-order chi connectivity index (χ0) is 16.9. The van der Waals surface area contributed by atoms with Crippen LogP contribution in [-0.2, 0) is 4.74 Å². The third-order valence-corrected chi connectivity index (χ3v) is 7.74. The van der Waals surface area contributed by atoms with Crippen molar-refractivity contribution in [2.75, 3.05) is 0 Å². The Morgan fingerprint density at radius 2 is 2.09 bits per heavy atom. The minimum atomic E-state index is -0.144. The van der Waals surface area contributed by atoms with Crippen molar-refractivity contribution in [3.05, 3.63) is 54.6 Å². The molecule has 0 amide bonds. The number of allylic oxidation sites excluding steroid dienone is 2. The molecule has 1 saturated heterocycles. The molecule has 0 saturated carbocycles. The van der Waals surface area contributed by atoms with Gasteiger partial charge in [0, 0.05) is 0 Å². The van der Waals surface area contributed by atoms with E-state index in [4.69, 9.17) is 4.74 Å². The van der Waals surface area contributed by atoms with Crippen LogP contribution in [0.25, 0.3) is 0 Å². The van der Waals surface area contributed by atoms with Gasteiger partial charge in [-0.3, -0.25) is 0 Å². The van der Waals surface area contributed by atoms with E-state index >= 15 is 0 Å². The van der Waals surface area contributed by atoms with Crippen LogP contribution in [0.1, 0.15) is 53.4 Å². The summed E-state index contributed by atoms with van der Waals surface area (Å²) in [5, 5.41) is 0. The molecule has 0 bridgehead atoms. The van der Waals surface area contributed by atoms with Gasteiger partial charge in [-0.1, -0.05) is 0 Å². The molecule has 2 rings (SSSR count). The van der Waals surface area contributed by atoms with Crippen LogP contribution in [0.15, 0.2) is 54.6 Å². The zero-order valence-electron chi connectivity index (χ0n) is 15.0. The maximum atomic E-state index is 6.47. The first-order chi connectivity index (χ1) is 10.9. The predicted molar refractivity (Wildman–Crippen MR) is 102 cm³/mol. The van der Waals surface area contributed by atoms with E-state index in [9.17, 15) is 0 Å². The first-order valence-corrected chi connectivity index (χ1v) is 10.3. The summed E-state index contributed by atoms with van der Waals surface area (Å²) in [5.41, 5.74) is 1.26. The van der Waals surface area contributed by atoms with Crippen molar-refractivity contribution in [3.63, 3.8) is 0 Å². The van der Waals surface area contributed by atoms with E-state index in [0.29, 0.717) is 21.1 Å². The summed E-state index contributed by atoms with van der Waals surface area (Å²) in [6.07, 6.45) is 9.23. The van der Waals surface area contributed by atoms with Crippen molar-refractivity contribution in [2.45, 2.75) is 69.4 Å². The van der Waals surface area contributed by atoms with Gasteiger partial charge in [0.25, 0.3) is 0 Å². The summed E-state index contributed by atoms with van der Waals surface area (Å²) in [5.74, 6) is 0. The van der Waals surface area contributed by atoms with Crippen LogP contribution in [0.5, 0.6) is 0 Å². The van der Waals surface area contributed by atoms with Crippen molar-refractivity contribution in [1.82, 2.24) is 0 Å². The summed E-state index contributed by atoms with van der Waals surface area (Å²) in [6, 6.07) is 10.9. The molecule has 0 aromatic heterocycles. The second-order valence-corrected chi connectivity index (χ2v) is 10.6. The van der Waals surface area contributed by atoms with Gasteiger partial charge in [0.2, 0.25) is 0 Å². The van der Waals surface area contributed by atoms with E-state index in [2.05, 4.69) is 70.7 Å². The molecule has 1 fully saturated rings. The fourth-order valence-electron chi connectivity index (χ4n) is 3.12. The molecule has 1 nitrogen and oxygen atoms in total. The van der Waals surface area contributed by atoms with Gasteiger partial charge in [0.05, 0.1) is 0 Å². The fourth-order valence-corrected chi connectivity index (χ4v) is 5.95.